The van der Waals surface area contributed by atoms with E-state index < -0.39 is 0 Å². The molecule has 0 aromatic carbocycles. The molecule has 1 N–H and O–H groups in total. The summed E-state index contributed by atoms with van der Waals surface area (Å²) in [5.74, 6) is 1.14. The zero-order valence-electron chi connectivity index (χ0n) is 12.1. The molecule has 0 radical (unpaired) electrons. The standard InChI is InChI=1S/C13H23ClN4O/c1-5-7-19-13-17-11(14)16-12(18-13)15-10(4)8-9(3)6-2/h9-10H,5-8H2,1-4H3,(H,15,16,17,18). The monoisotopic (exact) mass is 286 g/mol. The second kappa shape index (κ2) is 8.15. The van der Waals surface area contributed by atoms with Crippen molar-refractivity contribution in [3.8, 4) is 6.01 Å². The molecular formula is C13H23ClN4O. The van der Waals surface area contributed by atoms with Crippen molar-refractivity contribution in [1.29, 1.82) is 0 Å². The van der Waals surface area contributed by atoms with Gasteiger partial charge in [0.1, 0.15) is 0 Å². The third-order valence-corrected chi connectivity index (χ3v) is 3.02. The van der Waals surface area contributed by atoms with E-state index in [9.17, 15) is 0 Å². The minimum Gasteiger partial charge on any atom is -0.463 e. The Labute approximate surface area is 120 Å². The summed E-state index contributed by atoms with van der Waals surface area (Å²) in [7, 11) is 0. The molecule has 0 saturated heterocycles. The Morgan fingerprint density at radius 1 is 1.21 bits per heavy atom. The molecule has 1 aromatic heterocycles. The number of nitrogens with one attached hydrogen (secondary N) is 1. The van der Waals surface area contributed by atoms with Crippen LogP contribution in [0, 0.1) is 5.92 Å². The molecule has 6 heteroatoms. The van der Waals surface area contributed by atoms with Gasteiger partial charge in [0.15, 0.2) is 0 Å². The smallest absolute Gasteiger partial charge is 0.322 e. The average Bonchev–Trinajstić information content (AvgIpc) is 2.35. The summed E-state index contributed by atoms with van der Waals surface area (Å²) in [5.41, 5.74) is 0. The second-order valence-corrected chi connectivity index (χ2v) is 5.19. The molecular weight excluding hydrogens is 264 g/mol. The molecule has 0 saturated carbocycles. The number of ether oxygens (including phenoxy) is 1. The Kier molecular flexibility index (Phi) is 6.84. The molecule has 0 bridgehead atoms. The molecule has 5 nitrogen and oxygen atoms in total. The van der Waals surface area contributed by atoms with Gasteiger partial charge in [0.2, 0.25) is 11.2 Å². The summed E-state index contributed by atoms with van der Waals surface area (Å²) >= 11 is 5.86. The van der Waals surface area contributed by atoms with Crippen LogP contribution in [-0.4, -0.2) is 27.6 Å². The molecule has 0 aliphatic rings. The van der Waals surface area contributed by atoms with Gasteiger partial charge in [-0.05, 0) is 37.3 Å². The van der Waals surface area contributed by atoms with E-state index in [4.69, 9.17) is 16.3 Å². The van der Waals surface area contributed by atoms with E-state index >= 15 is 0 Å². The first-order chi connectivity index (χ1) is 9.05. The van der Waals surface area contributed by atoms with E-state index in [0.29, 0.717) is 18.5 Å². The Morgan fingerprint density at radius 2 is 1.95 bits per heavy atom. The molecule has 19 heavy (non-hydrogen) atoms. The maximum atomic E-state index is 5.86. The molecule has 2 atom stereocenters. The van der Waals surface area contributed by atoms with Crippen molar-refractivity contribution in [1.82, 2.24) is 15.0 Å². The van der Waals surface area contributed by atoms with Crippen molar-refractivity contribution in [2.45, 2.75) is 53.0 Å². The van der Waals surface area contributed by atoms with Gasteiger partial charge in [0.05, 0.1) is 6.61 Å². The molecule has 108 valence electrons. The second-order valence-electron chi connectivity index (χ2n) is 4.85. The molecule has 0 fully saturated rings. The molecule has 1 heterocycles. The highest BCUT2D eigenvalue weighted by Crippen LogP contribution is 2.15. The van der Waals surface area contributed by atoms with Crippen LogP contribution in [0.25, 0.3) is 0 Å². The van der Waals surface area contributed by atoms with Gasteiger partial charge in [-0.25, -0.2) is 0 Å². The maximum Gasteiger partial charge on any atom is 0.322 e. The van der Waals surface area contributed by atoms with Gasteiger partial charge in [0.25, 0.3) is 0 Å². The van der Waals surface area contributed by atoms with Crippen LogP contribution in [0.3, 0.4) is 0 Å². The molecule has 1 aromatic rings. The van der Waals surface area contributed by atoms with Crippen molar-refractivity contribution in [3.05, 3.63) is 5.28 Å². The summed E-state index contributed by atoms with van der Waals surface area (Å²) in [6.07, 6.45) is 3.12. The topological polar surface area (TPSA) is 59.9 Å². The highest BCUT2D eigenvalue weighted by molar-refractivity contribution is 6.28. The fourth-order valence-corrected chi connectivity index (χ4v) is 1.86. The van der Waals surface area contributed by atoms with Crippen molar-refractivity contribution in [3.63, 3.8) is 0 Å². The number of aromatic nitrogens is 3. The highest BCUT2D eigenvalue weighted by atomic mass is 35.5. The number of anilines is 1. The fraction of sp³-hybridized carbons (Fsp3) is 0.769. The van der Waals surface area contributed by atoms with Crippen molar-refractivity contribution in [2.24, 2.45) is 5.92 Å². The van der Waals surface area contributed by atoms with Gasteiger partial charge in [-0.2, -0.15) is 15.0 Å². The Morgan fingerprint density at radius 3 is 2.58 bits per heavy atom. The van der Waals surface area contributed by atoms with Gasteiger partial charge in [0, 0.05) is 6.04 Å². The van der Waals surface area contributed by atoms with E-state index in [0.717, 1.165) is 19.3 Å². The first-order valence-electron chi connectivity index (χ1n) is 6.86. The van der Waals surface area contributed by atoms with Crippen LogP contribution < -0.4 is 10.1 Å². The summed E-state index contributed by atoms with van der Waals surface area (Å²) in [6.45, 7) is 9.12. The number of rotatable bonds is 8. The Balaban J connectivity index is 2.64. The van der Waals surface area contributed by atoms with Crippen LogP contribution in [0.1, 0.15) is 47.0 Å². The zero-order valence-corrected chi connectivity index (χ0v) is 12.9. The van der Waals surface area contributed by atoms with Crippen molar-refractivity contribution >= 4 is 17.5 Å². The zero-order chi connectivity index (χ0) is 14.3. The van der Waals surface area contributed by atoms with Crippen LogP contribution in [0.5, 0.6) is 6.01 Å². The fourth-order valence-electron chi connectivity index (χ4n) is 1.70. The van der Waals surface area contributed by atoms with E-state index in [-0.39, 0.29) is 17.3 Å². The summed E-state index contributed by atoms with van der Waals surface area (Å²) in [5, 5.41) is 3.39. The van der Waals surface area contributed by atoms with Gasteiger partial charge >= 0.3 is 6.01 Å². The maximum absolute atomic E-state index is 5.86. The highest BCUT2D eigenvalue weighted by Gasteiger charge is 2.11. The molecule has 0 aliphatic carbocycles. The van der Waals surface area contributed by atoms with E-state index in [1.807, 2.05) is 6.92 Å². The number of hydrogen-bond acceptors (Lipinski definition) is 5. The minimum atomic E-state index is 0.152. The average molecular weight is 287 g/mol. The van der Waals surface area contributed by atoms with Crippen molar-refractivity contribution < 1.29 is 4.74 Å². The van der Waals surface area contributed by atoms with Gasteiger partial charge in [-0.3, -0.25) is 0 Å². The molecule has 1 rings (SSSR count). The lowest BCUT2D eigenvalue weighted by Crippen LogP contribution is -2.20. The van der Waals surface area contributed by atoms with E-state index in [1.165, 1.54) is 0 Å². The Hall–Kier alpha value is -1.10. The van der Waals surface area contributed by atoms with Crippen LogP contribution in [0.2, 0.25) is 5.28 Å². The van der Waals surface area contributed by atoms with Crippen LogP contribution in [-0.2, 0) is 0 Å². The first-order valence-corrected chi connectivity index (χ1v) is 7.23. The van der Waals surface area contributed by atoms with Crippen LogP contribution in [0.4, 0.5) is 5.95 Å². The van der Waals surface area contributed by atoms with Gasteiger partial charge in [-0.15, -0.1) is 0 Å². The molecule has 0 aliphatic heterocycles. The molecule has 0 amide bonds. The normalized spacial score (nSPS) is 13.9. The summed E-state index contributed by atoms with van der Waals surface area (Å²) < 4.78 is 5.37. The number of hydrogen-bond donors (Lipinski definition) is 1. The van der Waals surface area contributed by atoms with Crippen LogP contribution in [0.15, 0.2) is 0 Å². The van der Waals surface area contributed by atoms with Crippen molar-refractivity contribution in [2.75, 3.05) is 11.9 Å². The van der Waals surface area contributed by atoms with Gasteiger partial charge < -0.3 is 10.1 Å². The SMILES string of the molecule is CCCOc1nc(Cl)nc(NC(C)CC(C)CC)n1. The summed E-state index contributed by atoms with van der Waals surface area (Å²) in [6, 6.07) is 0.563. The summed E-state index contributed by atoms with van der Waals surface area (Å²) in [4.78, 5) is 12.2. The van der Waals surface area contributed by atoms with Crippen LogP contribution >= 0.6 is 11.6 Å². The molecule has 2 unspecified atom stereocenters. The number of nitrogens with zero attached hydrogens (tertiary/aromatic N) is 3. The van der Waals surface area contributed by atoms with E-state index in [2.05, 4.69) is 41.0 Å². The third kappa shape index (κ3) is 6.05. The lowest BCUT2D eigenvalue weighted by Gasteiger charge is -2.17. The van der Waals surface area contributed by atoms with Gasteiger partial charge in [-0.1, -0.05) is 27.2 Å². The minimum absolute atomic E-state index is 0.152. The predicted octanol–water partition coefficient (Wildman–Crippen LogP) is 3.55. The lowest BCUT2D eigenvalue weighted by molar-refractivity contribution is 0.291. The lowest BCUT2D eigenvalue weighted by atomic mass is 10.0. The predicted molar refractivity (Wildman–Crippen MR) is 77.8 cm³/mol. The quantitative estimate of drug-likeness (QED) is 0.792. The molecule has 0 spiro atoms. The Bertz CT molecular complexity index is 389. The number of halogens is 1. The third-order valence-electron chi connectivity index (χ3n) is 2.85. The first kappa shape index (κ1) is 16.0. The largest absolute Gasteiger partial charge is 0.463 e. The van der Waals surface area contributed by atoms with E-state index in [1.54, 1.807) is 0 Å².